The summed E-state index contributed by atoms with van der Waals surface area (Å²) in [5.74, 6) is -0.449. The highest BCUT2D eigenvalue weighted by atomic mass is 16.5. The monoisotopic (exact) mass is 362 g/mol. The van der Waals surface area contributed by atoms with Crippen LogP contribution in [0.3, 0.4) is 0 Å². The predicted molar refractivity (Wildman–Crippen MR) is 102 cm³/mol. The molecule has 2 aromatic carbocycles. The molecule has 0 bridgehead atoms. The van der Waals surface area contributed by atoms with Crippen molar-refractivity contribution in [1.29, 1.82) is 0 Å². The minimum absolute atomic E-state index is 0.181. The average molecular weight is 362 g/mol. The van der Waals surface area contributed by atoms with Crippen LogP contribution in [0.1, 0.15) is 26.4 Å². The van der Waals surface area contributed by atoms with Crippen LogP contribution >= 0.6 is 0 Å². The van der Waals surface area contributed by atoms with Crippen LogP contribution < -0.4 is 10.6 Å². The number of methoxy groups -OCH3 is 1. The molecule has 0 aliphatic heterocycles. The van der Waals surface area contributed by atoms with Gasteiger partial charge in [-0.05, 0) is 17.7 Å². The van der Waals surface area contributed by atoms with E-state index in [2.05, 4.69) is 20.6 Å². The predicted octanol–water partition coefficient (Wildman–Crippen LogP) is 3.13. The van der Waals surface area contributed by atoms with Crippen molar-refractivity contribution >= 4 is 23.4 Å². The maximum atomic E-state index is 12.5. The van der Waals surface area contributed by atoms with Gasteiger partial charge in [0.2, 0.25) is 0 Å². The van der Waals surface area contributed by atoms with Gasteiger partial charge in [0.1, 0.15) is 17.8 Å². The summed E-state index contributed by atoms with van der Waals surface area (Å²) in [5.41, 5.74) is 1.89. The zero-order valence-electron chi connectivity index (χ0n) is 14.7. The molecular weight excluding hydrogens is 344 g/mol. The molecule has 27 heavy (non-hydrogen) atoms. The Bertz CT molecular complexity index is 945. The van der Waals surface area contributed by atoms with Gasteiger partial charge in [0.15, 0.2) is 0 Å². The lowest BCUT2D eigenvalue weighted by atomic mass is 10.1. The summed E-state index contributed by atoms with van der Waals surface area (Å²) in [6, 6.07) is 18.0. The first-order valence-corrected chi connectivity index (χ1v) is 8.26. The zero-order chi connectivity index (χ0) is 19.1. The number of carbonyl (C=O) groups excluding carboxylic acids is 2. The number of esters is 1. The first kappa shape index (κ1) is 18.1. The summed E-state index contributed by atoms with van der Waals surface area (Å²) in [6.45, 7) is 0.573. The van der Waals surface area contributed by atoms with Gasteiger partial charge in [-0.2, -0.15) is 0 Å². The Morgan fingerprint density at radius 3 is 2.52 bits per heavy atom. The Balaban J connectivity index is 1.72. The Morgan fingerprint density at radius 2 is 1.74 bits per heavy atom. The summed E-state index contributed by atoms with van der Waals surface area (Å²) in [7, 11) is 1.29. The van der Waals surface area contributed by atoms with Crippen LogP contribution in [-0.4, -0.2) is 29.0 Å². The molecule has 0 saturated carbocycles. The first-order chi connectivity index (χ1) is 13.2. The van der Waals surface area contributed by atoms with Crippen molar-refractivity contribution < 1.29 is 14.3 Å². The molecule has 136 valence electrons. The Hall–Kier alpha value is -3.74. The van der Waals surface area contributed by atoms with Gasteiger partial charge in [0.05, 0.1) is 18.4 Å². The number of amides is 1. The molecule has 3 rings (SSSR count). The van der Waals surface area contributed by atoms with E-state index in [1.165, 1.54) is 13.4 Å². The molecular formula is C20H18N4O3. The Morgan fingerprint density at radius 1 is 1.00 bits per heavy atom. The van der Waals surface area contributed by atoms with Gasteiger partial charge in [-0.15, -0.1) is 0 Å². The summed E-state index contributed by atoms with van der Waals surface area (Å²) in [6.07, 6.45) is 1.31. The SMILES string of the molecule is COC(=O)c1ccccc1NC(=O)c1cc(NCc2ccccc2)ncn1. The van der Waals surface area contributed by atoms with Crippen molar-refractivity contribution in [3.05, 3.63) is 83.8 Å². The van der Waals surface area contributed by atoms with Crippen LogP contribution in [0.15, 0.2) is 67.0 Å². The lowest BCUT2D eigenvalue weighted by Gasteiger charge is -2.10. The molecule has 0 fully saturated rings. The Kier molecular flexibility index (Phi) is 5.73. The number of hydrogen-bond acceptors (Lipinski definition) is 6. The van der Waals surface area contributed by atoms with Gasteiger partial charge in [-0.3, -0.25) is 4.79 Å². The molecule has 1 aromatic heterocycles. The lowest BCUT2D eigenvalue weighted by molar-refractivity contribution is 0.0602. The fraction of sp³-hybridized carbons (Fsp3) is 0.100. The summed E-state index contributed by atoms with van der Waals surface area (Å²) in [5, 5.41) is 5.84. The number of carbonyl (C=O) groups is 2. The molecule has 7 heteroatoms. The van der Waals surface area contributed by atoms with Crippen molar-refractivity contribution in [2.45, 2.75) is 6.54 Å². The third-order valence-corrected chi connectivity index (χ3v) is 3.80. The molecule has 0 atom stereocenters. The van der Waals surface area contributed by atoms with E-state index in [1.54, 1.807) is 30.3 Å². The van der Waals surface area contributed by atoms with Gasteiger partial charge in [0.25, 0.3) is 5.91 Å². The maximum Gasteiger partial charge on any atom is 0.339 e. The van der Waals surface area contributed by atoms with Crippen molar-refractivity contribution in [2.75, 3.05) is 17.7 Å². The van der Waals surface area contributed by atoms with E-state index in [-0.39, 0.29) is 11.3 Å². The quantitative estimate of drug-likeness (QED) is 0.655. The number of anilines is 2. The number of nitrogens with zero attached hydrogens (tertiary/aromatic N) is 2. The number of para-hydroxylation sites is 1. The zero-order valence-corrected chi connectivity index (χ0v) is 14.7. The molecule has 3 aromatic rings. The molecule has 0 aliphatic rings. The molecule has 1 amide bonds. The van der Waals surface area contributed by atoms with Gasteiger partial charge < -0.3 is 15.4 Å². The molecule has 0 radical (unpaired) electrons. The molecule has 0 spiro atoms. The molecule has 1 heterocycles. The van der Waals surface area contributed by atoms with E-state index in [9.17, 15) is 9.59 Å². The van der Waals surface area contributed by atoms with E-state index in [1.807, 2.05) is 30.3 Å². The fourth-order valence-corrected chi connectivity index (χ4v) is 2.43. The molecule has 2 N–H and O–H groups in total. The minimum atomic E-state index is -0.529. The molecule has 0 aliphatic carbocycles. The van der Waals surface area contributed by atoms with Crippen LogP contribution in [0.4, 0.5) is 11.5 Å². The second kappa shape index (κ2) is 8.57. The molecule has 0 unspecified atom stereocenters. The number of rotatable bonds is 6. The number of hydrogen-bond donors (Lipinski definition) is 2. The normalized spacial score (nSPS) is 10.1. The lowest BCUT2D eigenvalue weighted by Crippen LogP contribution is -2.17. The van der Waals surface area contributed by atoms with Gasteiger partial charge in [-0.25, -0.2) is 14.8 Å². The minimum Gasteiger partial charge on any atom is -0.465 e. The highest BCUT2D eigenvalue weighted by molar-refractivity contribution is 6.07. The van der Waals surface area contributed by atoms with Crippen molar-refractivity contribution in [3.63, 3.8) is 0 Å². The summed E-state index contributed by atoms with van der Waals surface area (Å²) < 4.78 is 4.73. The van der Waals surface area contributed by atoms with Crippen molar-refractivity contribution in [1.82, 2.24) is 9.97 Å². The largest absolute Gasteiger partial charge is 0.465 e. The van der Waals surface area contributed by atoms with Crippen LogP contribution in [0, 0.1) is 0 Å². The van der Waals surface area contributed by atoms with E-state index >= 15 is 0 Å². The highest BCUT2D eigenvalue weighted by Crippen LogP contribution is 2.17. The van der Waals surface area contributed by atoms with Gasteiger partial charge in [0, 0.05) is 12.6 Å². The summed E-state index contributed by atoms with van der Waals surface area (Å²) >= 11 is 0. The van der Waals surface area contributed by atoms with Crippen LogP contribution in [0.5, 0.6) is 0 Å². The number of ether oxygens (including phenoxy) is 1. The van der Waals surface area contributed by atoms with Crippen molar-refractivity contribution in [3.8, 4) is 0 Å². The van der Waals surface area contributed by atoms with E-state index in [0.717, 1.165) is 5.56 Å². The highest BCUT2D eigenvalue weighted by Gasteiger charge is 2.15. The Labute approximate surface area is 156 Å². The van der Waals surface area contributed by atoms with E-state index in [4.69, 9.17) is 4.74 Å². The standard InChI is InChI=1S/C20H18N4O3/c1-27-20(26)15-9-5-6-10-16(15)24-19(25)17-11-18(23-13-22-17)21-12-14-7-3-2-4-8-14/h2-11,13H,12H2,1H3,(H,24,25)(H,21,22,23). The first-order valence-electron chi connectivity index (χ1n) is 8.26. The molecule has 7 nitrogen and oxygen atoms in total. The van der Waals surface area contributed by atoms with Crippen LogP contribution in [-0.2, 0) is 11.3 Å². The fourth-order valence-electron chi connectivity index (χ4n) is 2.43. The van der Waals surface area contributed by atoms with E-state index in [0.29, 0.717) is 18.1 Å². The smallest absolute Gasteiger partial charge is 0.339 e. The van der Waals surface area contributed by atoms with Crippen molar-refractivity contribution in [2.24, 2.45) is 0 Å². The third kappa shape index (κ3) is 4.66. The van der Waals surface area contributed by atoms with Crippen LogP contribution in [0.25, 0.3) is 0 Å². The number of aromatic nitrogens is 2. The topological polar surface area (TPSA) is 93.2 Å². The van der Waals surface area contributed by atoms with Gasteiger partial charge >= 0.3 is 5.97 Å². The average Bonchev–Trinajstić information content (AvgIpc) is 2.73. The van der Waals surface area contributed by atoms with Gasteiger partial charge in [-0.1, -0.05) is 42.5 Å². The van der Waals surface area contributed by atoms with Crippen LogP contribution in [0.2, 0.25) is 0 Å². The third-order valence-electron chi connectivity index (χ3n) is 3.80. The second-order valence-corrected chi connectivity index (χ2v) is 5.62. The molecule has 0 saturated heterocycles. The van der Waals surface area contributed by atoms with E-state index < -0.39 is 11.9 Å². The number of benzene rings is 2. The maximum absolute atomic E-state index is 12.5. The number of nitrogens with one attached hydrogen (secondary N) is 2. The second-order valence-electron chi connectivity index (χ2n) is 5.62. The summed E-state index contributed by atoms with van der Waals surface area (Å²) in [4.78, 5) is 32.5.